The van der Waals surface area contributed by atoms with Crippen LogP contribution in [-0.2, 0) is 17.8 Å². The van der Waals surface area contributed by atoms with Crippen molar-refractivity contribution in [2.24, 2.45) is 0 Å². The third-order valence-electron chi connectivity index (χ3n) is 5.27. The third kappa shape index (κ3) is 3.42. The Labute approximate surface area is 167 Å². The Morgan fingerprint density at radius 1 is 1.36 bits per heavy atom. The molecule has 0 bridgehead atoms. The van der Waals surface area contributed by atoms with Gasteiger partial charge in [-0.1, -0.05) is 19.1 Å². The number of fused-ring (bicyclic) bond motifs is 1. The molecule has 2 aromatic heterocycles. The Morgan fingerprint density at radius 2 is 2.21 bits per heavy atom. The fourth-order valence-electron chi connectivity index (χ4n) is 3.79. The van der Waals surface area contributed by atoms with Gasteiger partial charge < -0.3 is 9.64 Å². The number of likely N-dealkylation sites (tertiary alicyclic amines) is 1. The number of benzene rings is 1. The van der Waals surface area contributed by atoms with Crippen LogP contribution in [-0.4, -0.2) is 34.0 Å². The molecule has 0 unspecified atom stereocenters. The summed E-state index contributed by atoms with van der Waals surface area (Å²) in [5.41, 5.74) is 0.919. The van der Waals surface area contributed by atoms with E-state index in [9.17, 15) is 9.59 Å². The molecule has 3 heterocycles. The molecule has 0 N–H and O–H groups in total. The summed E-state index contributed by atoms with van der Waals surface area (Å²) >= 11 is 1.53. The van der Waals surface area contributed by atoms with Gasteiger partial charge in [-0.05, 0) is 43.0 Å². The van der Waals surface area contributed by atoms with Gasteiger partial charge >= 0.3 is 0 Å². The minimum Gasteiger partial charge on any atom is -0.497 e. The van der Waals surface area contributed by atoms with Crippen molar-refractivity contribution in [1.29, 1.82) is 0 Å². The maximum atomic E-state index is 13.0. The molecule has 1 atom stereocenters. The van der Waals surface area contributed by atoms with E-state index in [0.717, 1.165) is 40.3 Å². The summed E-state index contributed by atoms with van der Waals surface area (Å²) < 4.78 is 6.75. The van der Waals surface area contributed by atoms with Crippen molar-refractivity contribution in [1.82, 2.24) is 14.5 Å². The van der Waals surface area contributed by atoms with E-state index in [1.807, 2.05) is 35.2 Å². The van der Waals surface area contributed by atoms with E-state index < -0.39 is 0 Å². The summed E-state index contributed by atoms with van der Waals surface area (Å²) in [6, 6.07) is 9.76. The molecule has 1 aliphatic heterocycles. The van der Waals surface area contributed by atoms with Crippen LogP contribution in [0.1, 0.15) is 36.2 Å². The Kier molecular flexibility index (Phi) is 5.17. The molecule has 0 radical (unpaired) electrons. The van der Waals surface area contributed by atoms with Gasteiger partial charge in [0.1, 0.15) is 17.1 Å². The first-order chi connectivity index (χ1) is 13.6. The number of aromatic nitrogens is 2. The van der Waals surface area contributed by atoms with Crippen molar-refractivity contribution >= 4 is 27.5 Å². The number of carbonyl (C=O) groups is 1. The van der Waals surface area contributed by atoms with E-state index in [-0.39, 0.29) is 24.1 Å². The van der Waals surface area contributed by atoms with E-state index >= 15 is 0 Å². The predicted octanol–water partition coefficient (Wildman–Crippen LogP) is 3.39. The quantitative estimate of drug-likeness (QED) is 0.662. The summed E-state index contributed by atoms with van der Waals surface area (Å²) in [5, 5.41) is 0.600. The van der Waals surface area contributed by atoms with Crippen molar-refractivity contribution in [3.63, 3.8) is 0 Å². The molecule has 1 aliphatic rings. The zero-order chi connectivity index (χ0) is 19.7. The molecule has 1 aromatic carbocycles. The molecular weight excluding hydrogens is 374 g/mol. The van der Waals surface area contributed by atoms with Crippen LogP contribution < -0.4 is 10.3 Å². The molecule has 7 heteroatoms. The lowest BCUT2D eigenvalue weighted by molar-refractivity contribution is -0.132. The van der Waals surface area contributed by atoms with Crippen LogP contribution in [0.25, 0.3) is 10.2 Å². The molecular formula is C21H23N3O3S. The average Bonchev–Trinajstić information content (AvgIpc) is 3.37. The largest absolute Gasteiger partial charge is 0.497 e. The van der Waals surface area contributed by atoms with Gasteiger partial charge in [0.15, 0.2) is 0 Å². The van der Waals surface area contributed by atoms with Crippen molar-refractivity contribution in [3.05, 3.63) is 57.5 Å². The highest BCUT2D eigenvalue weighted by Gasteiger charge is 2.30. The maximum Gasteiger partial charge on any atom is 0.262 e. The van der Waals surface area contributed by atoms with Crippen LogP contribution in [0.2, 0.25) is 0 Å². The molecule has 6 nitrogen and oxygen atoms in total. The van der Waals surface area contributed by atoms with Gasteiger partial charge in [-0.25, -0.2) is 4.98 Å². The van der Waals surface area contributed by atoms with Crippen LogP contribution in [0.4, 0.5) is 0 Å². The first-order valence-corrected chi connectivity index (χ1v) is 10.3. The lowest BCUT2D eigenvalue weighted by atomic mass is 10.0. The monoisotopic (exact) mass is 397 g/mol. The summed E-state index contributed by atoms with van der Waals surface area (Å²) in [6.45, 7) is 2.77. The number of methoxy groups -OCH3 is 1. The zero-order valence-electron chi connectivity index (χ0n) is 16.1. The van der Waals surface area contributed by atoms with Gasteiger partial charge in [0.05, 0.1) is 24.9 Å². The second kappa shape index (κ2) is 7.75. The lowest BCUT2D eigenvalue weighted by Gasteiger charge is -2.25. The topological polar surface area (TPSA) is 64.4 Å². The normalized spacial score (nSPS) is 16.6. The molecule has 1 saturated heterocycles. The van der Waals surface area contributed by atoms with Gasteiger partial charge in [-0.3, -0.25) is 14.2 Å². The Bertz CT molecular complexity index is 1070. The first kappa shape index (κ1) is 18.7. The van der Waals surface area contributed by atoms with Gasteiger partial charge in [-0.2, -0.15) is 0 Å². The summed E-state index contributed by atoms with van der Waals surface area (Å²) in [7, 11) is 1.64. The van der Waals surface area contributed by atoms with Gasteiger partial charge in [0, 0.05) is 11.4 Å². The standard InChI is InChI=1S/C21H23N3O3S/c1-3-16-11-17-20(28-16)22-13-23(21(17)26)12-19(25)24-9-5-8-18(24)14-6-4-7-15(10-14)27-2/h4,6-7,10-11,13,18H,3,5,8-9,12H2,1-2H3/t18-/m0/s1. The van der Waals surface area contributed by atoms with Crippen LogP contribution in [0, 0.1) is 0 Å². The van der Waals surface area contributed by atoms with Crippen molar-refractivity contribution < 1.29 is 9.53 Å². The Hall–Kier alpha value is -2.67. The highest BCUT2D eigenvalue weighted by atomic mass is 32.1. The van der Waals surface area contributed by atoms with E-state index in [1.165, 1.54) is 22.2 Å². The highest BCUT2D eigenvalue weighted by molar-refractivity contribution is 7.18. The summed E-state index contributed by atoms with van der Waals surface area (Å²) in [5.74, 6) is 0.728. The van der Waals surface area contributed by atoms with E-state index in [0.29, 0.717) is 11.9 Å². The van der Waals surface area contributed by atoms with Crippen LogP contribution >= 0.6 is 11.3 Å². The number of carbonyl (C=O) groups excluding carboxylic acids is 1. The minimum atomic E-state index is -0.147. The maximum absolute atomic E-state index is 13.0. The van der Waals surface area contributed by atoms with E-state index in [1.54, 1.807) is 7.11 Å². The molecule has 0 spiro atoms. The number of ether oxygens (including phenoxy) is 1. The zero-order valence-corrected chi connectivity index (χ0v) is 16.9. The molecule has 1 amide bonds. The number of thiophene rings is 1. The van der Waals surface area contributed by atoms with E-state index in [2.05, 4.69) is 11.9 Å². The molecule has 146 valence electrons. The minimum absolute atomic E-state index is 0.0134. The molecule has 1 fully saturated rings. The number of aryl methyl sites for hydroxylation is 1. The smallest absolute Gasteiger partial charge is 0.262 e. The van der Waals surface area contributed by atoms with Gasteiger partial charge in [0.25, 0.3) is 5.56 Å². The van der Waals surface area contributed by atoms with Gasteiger partial charge in [0.2, 0.25) is 5.91 Å². The van der Waals surface area contributed by atoms with E-state index in [4.69, 9.17) is 4.74 Å². The fraction of sp³-hybridized carbons (Fsp3) is 0.381. The Morgan fingerprint density at radius 3 is 3.00 bits per heavy atom. The first-order valence-electron chi connectivity index (χ1n) is 9.52. The molecule has 28 heavy (non-hydrogen) atoms. The average molecular weight is 398 g/mol. The number of rotatable bonds is 5. The highest BCUT2D eigenvalue weighted by Crippen LogP contribution is 2.33. The lowest BCUT2D eigenvalue weighted by Crippen LogP contribution is -2.36. The fourth-order valence-corrected chi connectivity index (χ4v) is 4.72. The number of hydrogen-bond donors (Lipinski definition) is 0. The van der Waals surface area contributed by atoms with Crippen molar-refractivity contribution in [2.45, 2.75) is 38.8 Å². The number of amides is 1. The van der Waals surface area contributed by atoms with Crippen LogP contribution in [0.3, 0.4) is 0 Å². The number of nitrogens with zero attached hydrogens (tertiary/aromatic N) is 3. The molecule has 0 saturated carbocycles. The SMILES string of the molecule is CCc1cc2c(=O)n(CC(=O)N3CCC[C@H]3c3cccc(OC)c3)cnc2s1. The van der Waals surface area contributed by atoms with Gasteiger partial charge in [-0.15, -0.1) is 11.3 Å². The van der Waals surface area contributed by atoms with Crippen LogP contribution in [0.5, 0.6) is 5.75 Å². The second-order valence-electron chi connectivity index (χ2n) is 6.98. The third-order valence-corrected chi connectivity index (χ3v) is 6.46. The van der Waals surface area contributed by atoms with Crippen molar-refractivity contribution in [3.8, 4) is 5.75 Å². The molecule has 0 aliphatic carbocycles. The van der Waals surface area contributed by atoms with Crippen LogP contribution in [0.15, 0.2) is 41.5 Å². The molecule has 3 aromatic rings. The second-order valence-corrected chi connectivity index (χ2v) is 8.10. The summed E-state index contributed by atoms with van der Waals surface area (Å²) in [6.07, 6.45) is 4.23. The predicted molar refractivity (Wildman–Crippen MR) is 110 cm³/mol. The number of hydrogen-bond acceptors (Lipinski definition) is 5. The Balaban J connectivity index is 1.58. The molecule has 4 rings (SSSR count). The summed E-state index contributed by atoms with van der Waals surface area (Å²) in [4.78, 5) is 33.9. The van der Waals surface area contributed by atoms with Crippen molar-refractivity contribution in [2.75, 3.05) is 13.7 Å².